The molecule has 1 heterocycles. The summed E-state index contributed by atoms with van der Waals surface area (Å²) in [6.45, 7) is 20.8. The molecule has 47 heavy (non-hydrogen) atoms. The minimum absolute atomic E-state index is 0.505. The van der Waals surface area contributed by atoms with Gasteiger partial charge in [-0.25, -0.2) is 15.0 Å². The van der Waals surface area contributed by atoms with Crippen molar-refractivity contribution in [3.05, 3.63) is 75.8 Å². The Bertz CT molecular complexity index is 1530. The van der Waals surface area contributed by atoms with Crippen molar-refractivity contribution in [3.63, 3.8) is 0 Å². The summed E-state index contributed by atoms with van der Waals surface area (Å²) in [7, 11) is 0. The van der Waals surface area contributed by atoms with Gasteiger partial charge < -0.3 is 18.9 Å². The Kier molecular flexibility index (Phi) is 13.7. The summed E-state index contributed by atoms with van der Waals surface area (Å²) < 4.78 is 23.2. The van der Waals surface area contributed by atoms with E-state index in [0.29, 0.717) is 37.3 Å². The van der Waals surface area contributed by atoms with Crippen molar-refractivity contribution in [2.24, 2.45) is 0 Å². The van der Waals surface area contributed by atoms with E-state index < -0.39 is 0 Å². The van der Waals surface area contributed by atoms with Crippen LogP contribution in [0.1, 0.15) is 79.8 Å². The Morgan fingerprint density at radius 2 is 1.15 bits per heavy atom. The van der Waals surface area contributed by atoms with Gasteiger partial charge in [0.05, 0.1) is 13.2 Å². The molecule has 0 radical (unpaired) electrons. The Labute approximate surface area is 282 Å². The maximum atomic E-state index is 6.16. The summed E-state index contributed by atoms with van der Waals surface area (Å²) in [5.41, 5.74) is 9.91. The molecule has 7 nitrogen and oxygen atoms in total. The van der Waals surface area contributed by atoms with E-state index in [0.717, 1.165) is 84.0 Å². The van der Waals surface area contributed by atoms with E-state index in [-0.39, 0.29) is 0 Å². The van der Waals surface area contributed by atoms with Crippen LogP contribution in [0.2, 0.25) is 0 Å². The van der Waals surface area contributed by atoms with Crippen LogP contribution in [0.4, 0.5) is 0 Å². The Morgan fingerprint density at radius 3 is 1.83 bits per heavy atom. The fraction of sp³-hybridized carbons (Fsp3) is 0.475. The van der Waals surface area contributed by atoms with Crippen LogP contribution in [0.5, 0.6) is 11.5 Å². The van der Waals surface area contributed by atoms with Gasteiger partial charge in [0.2, 0.25) is 0 Å². The first kappa shape index (κ1) is 36.0. The molecule has 0 aliphatic carbocycles. The van der Waals surface area contributed by atoms with E-state index in [9.17, 15) is 0 Å². The molecule has 0 unspecified atom stereocenters. The highest BCUT2D eigenvalue weighted by Crippen LogP contribution is 2.34. The number of hydrogen-bond donors (Lipinski definition) is 0. The third kappa shape index (κ3) is 9.39. The molecule has 0 atom stereocenters. The molecule has 0 N–H and O–H groups in total. The number of rotatable bonds is 18. The monoisotopic (exact) mass is 639 g/mol. The standard InChI is InChI=1S/C40H53N3O4/c1-9-12-13-23-46-37-21-19-35(30(7)31(37)8)40-42-38(33-17-20-36(27(4)26-33)47-25-24-45-11-3)41-39(43-40)34-18-16-32(28(5)29(34)6)15-14-22-44-10-2/h16-21,26H,9-15,22-25H2,1-8H3. The van der Waals surface area contributed by atoms with Gasteiger partial charge in [0, 0.05) is 36.5 Å². The summed E-state index contributed by atoms with van der Waals surface area (Å²) >= 11 is 0. The predicted molar refractivity (Wildman–Crippen MR) is 192 cm³/mol. The Balaban J connectivity index is 1.76. The maximum absolute atomic E-state index is 6.16. The van der Waals surface area contributed by atoms with E-state index in [1.165, 1.54) is 29.5 Å². The molecule has 0 aliphatic rings. The highest BCUT2D eigenvalue weighted by molar-refractivity contribution is 5.72. The van der Waals surface area contributed by atoms with Crippen molar-refractivity contribution in [2.75, 3.05) is 39.6 Å². The normalized spacial score (nSPS) is 11.2. The van der Waals surface area contributed by atoms with E-state index in [2.05, 4.69) is 65.0 Å². The quantitative estimate of drug-likeness (QED) is 0.100. The fourth-order valence-electron chi connectivity index (χ4n) is 5.68. The van der Waals surface area contributed by atoms with Gasteiger partial charge in [0.25, 0.3) is 0 Å². The minimum atomic E-state index is 0.505. The average molecular weight is 640 g/mol. The molecule has 4 rings (SSSR count). The van der Waals surface area contributed by atoms with Crippen LogP contribution in [-0.2, 0) is 15.9 Å². The lowest BCUT2D eigenvalue weighted by Gasteiger charge is -2.17. The minimum Gasteiger partial charge on any atom is -0.493 e. The number of nitrogens with zero attached hydrogens (tertiary/aromatic N) is 3. The van der Waals surface area contributed by atoms with Crippen molar-refractivity contribution in [1.82, 2.24) is 15.0 Å². The SMILES string of the molecule is CCCCCOc1ccc(-c2nc(-c3ccc(OCCOCC)c(C)c3)nc(-c3ccc(CCCOCC)c(C)c3C)n2)c(C)c1C. The highest BCUT2D eigenvalue weighted by Gasteiger charge is 2.19. The molecule has 0 saturated heterocycles. The molecule has 7 heteroatoms. The molecular formula is C40H53N3O4. The van der Waals surface area contributed by atoms with Crippen LogP contribution >= 0.6 is 0 Å². The summed E-state index contributed by atoms with van der Waals surface area (Å²) in [6, 6.07) is 14.6. The number of unbranched alkanes of at least 4 members (excludes halogenated alkanes) is 2. The molecule has 0 fully saturated rings. The van der Waals surface area contributed by atoms with Gasteiger partial charge in [0.1, 0.15) is 18.1 Å². The third-order valence-corrected chi connectivity index (χ3v) is 8.82. The van der Waals surface area contributed by atoms with Crippen LogP contribution in [0.15, 0.2) is 42.5 Å². The number of hydrogen-bond acceptors (Lipinski definition) is 7. The maximum Gasteiger partial charge on any atom is 0.164 e. The van der Waals surface area contributed by atoms with Crippen molar-refractivity contribution in [2.45, 2.75) is 87.5 Å². The molecule has 252 valence electrons. The zero-order valence-corrected chi connectivity index (χ0v) is 29.8. The predicted octanol–water partition coefficient (Wildman–Crippen LogP) is 9.37. The Hall–Kier alpha value is -3.81. The lowest BCUT2D eigenvalue weighted by Crippen LogP contribution is -2.07. The topological polar surface area (TPSA) is 75.6 Å². The molecule has 0 bridgehead atoms. The number of ether oxygens (including phenoxy) is 4. The average Bonchev–Trinajstić information content (AvgIpc) is 3.07. The van der Waals surface area contributed by atoms with Gasteiger partial charge in [-0.1, -0.05) is 31.9 Å². The highest BCUT2D eigenvalue weighted by atomic mass is 16.5. The second-order valence-corrected chi connectivity index (χ2v) is 12.1. The van der Waals surface area contributed by atoms with Gasteiger partial charge in [-0.2, -0.15) is 0 Å². The van der Waals surface area contributed by atoms with E-state index >= 15 is 0 Å². The lowest BCUT2D eigenvalue weighted by atomic mass is 9.95. The van der Waals surface area contributed by atoms with Crippen molar-refractivity contribution in [1.29, 1.82) is 0 Å². The molecule has 0 spiro atoms. The fourth-order valence-corrected chi connectivity index (χ4v) is 5.68. The first-order valence-electron chi connectivity index (χ1n) is 17.3. The second kappa shape index (κ2) is 17.9. The van der Waals surface area contributed by atoms with E-state index in [1.807, 2.05) is 32.9 Å². The number of benzene rings is 3. The van der Waals surface area contributed by atoms with Crippen molar-refractivity contribution in [3.8, 4) is 45.7 Å². The van der Waals surface area contributed by atoms with Gasteiger partial charge in [-0.15, -0.1) is 0 Å². The largest absolute Gasteiger partial charge is 0.493 e. The summed E-state index contributed by atoms with van der Waals surface area (Å²) in [4.78, 5) is 15.3. The van der Waals surface area contributed by atoms with E-state index in [1.54, 1.807) is 0 Å². The van der Waals surface area contributed by atoms with Gasteiger partial charge in [-0.05, 0) is 131 Å². The van der Waals surface area contributed by atoms with Crippen LogP contribution in [-0.4, -0.2) is 54.6 Å². The molecule has 4 aromatic rings. The Morgan fingerprint density at radius 1 is 0.532 bits per heavy atom. The smallest absolute Gasteiger partial charge is 0.164 e. The summed E-state index contributed by atoms with van der Waals surface area (Å²) in [5.74, 6) is 3.69. The third-order valence-electron chi connectivity index (χ3n) is 8.82. The van der Waals surface area contributed by atoms with Crippen LogP contribution in [0, 0.1) is 34.6 Å². The first-order valence-corrected chi connectivity index (χ1v) is 17.3. The first-order chi connectivity index (χ1) is 22.8. The van der Waals surface area contributed by atoms with Crippen LogP contribution < -0.4 is 9.47 Å². The second-order valence-electron chi connectivity index (χ2n) is 12.1. The summed E-state index contributed by atoms with van der Waals surface area (Å²) in [5, 5.41) is 0. The van der Waals surface area contributed by atoms with Gasteiger partial charge in [-0.3, -0.25) is 0 Å². The molecule has 0 aliphatic heterocycles. The van der Waals surface area contributed by atoms with Crippen LogP contribution in [0.25, 0.3) is 34.2 Å². The van der Waals surface area contributed by atoms with Gasteiger partial charge in [0.15, 0.2) is 17.5 Å². The molecular weight excluding hydrogens is 586 g/mol. The number of aromatic nitrogens is 3. The molecule has 3 aromatic carbocycles. The zero-order chi connectivity index (χ0) is 33.8. The molecule has 0 amide bonds. The molecule has 1 aromatic heterocycles. The van der Waals surface area contributed by atoms with Crippen LogP contribution in [0.3, 0.4) is 0 Å². The lowest BCUT2D eigenvalue weighted by molar-refractivity contribution is 0.110. The zero-order valence-electron chi connectivity index (χ0n) is 29.8. The van der Waals surface area contributed by atoms with Crippen molar-refractivity contribution >= 4 is 0 Å². The number of aryl methyl sites for hydroxylation is 2. The summed E-state index contributed by atoms with van der Waals surface area (Å²) in [6.07, 6.45) is 5.36. The van der Waals surface area contributed by atoms with Crippen molar-refractivity contribution < 1.29 is 18.9 Å². The van der Waals surface area contributed by atoms with E-state index in [4.69, 9.17) is 33.9 Å². The molecule has 0 saturated carbocycles. The van der Waals surface area contributed by atoms with Gasteiger partial charge >= 0.3 is 0 Å².